The second kappa shape index (κ2) is 4.52. The minimum atomic E-state index is 0. The van der Waals surface area contributed by atoms with Crippen molar-refractivity contribution in [2.24, 2.45) is 0 Å². The molecule has 0 aliphatic heterocycles. The smallest absolute Gasteiger partial charge is 0.0355 e. The molecular formula is C7H8BrClIN. The Labute approximate surface area is 94.4 Å². The van der Waals surface area contributed by atoms with Gasteiger partial charge >= 0.3 is 0 Å². The van der Waals surface area contributed by atoms with Gasteiger partial charge in [0, 0.05) is 13.7 Å². The van der Waals surface area contributed by atoms with Crippen molar-refractivity contribution in [1.29, 1.82) is 0 Å². The molecule has 1 aromatic rings. The Kier molecular flexibility index (Phi) is 4.74. The molecule has 0 unspecified atom stereocenters. The van der Waals surface area contributed by atoms with E-state index in [1.165, 1.54) is 0 Å². The fourth-order valence-corrected chi connectivity index (χ4v) is 1.61. The summed E-state index contributed by atoms with van der Waals surface area (Å²) in [6.45, 7) is 2.00. The molecule has 0 radical (unpaired) electrons. The van der Waals surface area contributed by atoms with Gasteiger partial charge < -0.3 is 5.73 Å². The number of rotatable bonds is 0. The standard InChI is InChI=1S/C7H7BrIN.ClH/c1-4-2-5(8)6(9)3-7(4)10;/h2-3H,10H2,1H3;1H. The Morgan fingerprint density at radius 3 is 2.45 bits per heavy atom. The molecule has 0 saturated heterocycles. The molecule has 0 aliphatic carbocycles. The van der Waals surface area contributed by atoms with Crippen molar-refractivity contribution in [2.45, 2.75) is 6.92 Å². The van der Waals surface area contributed by atoms with Crippen molar-refractivity contribution in [3.8, 4) is 0 Å². The van der Waals surface area contributed by atoms with E-state index in [-0.39, 0.29) is 12.4 Å². The van der Waals surface area contributed by atoms with Crippen molar-refractivity contribution in [3.63, 3.8) is 0 Å². The number of benzene rings is 1. The lowest BCUT2D eigenvalue weighted by atomic mass is 10.2. The maximum absolute atomic E-state index is 5.66. The first-order chi connectivity index (χ1) is 4.61. The first-order valence-corrected chi connectivity index (χ1v) is 4.69. The van der Waals surface area contributed by atoms with Crippen LogP contribution in [0.5, 0.6) is 0 Å². The van der Waals surface area contributed by atoms with Crippen LogP contribution in [0.1, 0.15) is 5.56 Å². The maximum atomic E-state index is 5.66. The van der Waals surface area contributed by atoms with E-state index in [1.54, 1.807) is 0 Å². The Bertz CT molecular complexity index is 215. The summed E-state index contributed by atoms with van der Waals surface area (Å²) >= 11 is 5.66. The van der Waals surface area contributed by atoms with E-state index in [9.17, 15) is 0 Å². The summed E-state index contributed by atoms with van der Waals surface area (Å²) < 4.78 is 2.26. The Morgan fingerprint density at radius 2 is 2.00 bits per heavy atom. The van der Waals surface area contributed by atoms with Crippen LogP contribution in [0.4, 0.5) is 5.69 Å². The molecule has 0 heterocycles. The molecule has 2 N–H and O–H groups in total. The normalized spacial score (nSPS) is 9.00. The number of anilines is 1. The third-order valence-electron chi connectivity index (χ3n) is 1.31. The predicted octanol–water partition coefficient (Wildman–Crippen LogP) is 3.37. The Morgan fingerprint density at radius 1 is 1.45 bits per heavy atom. The summed E-state index contributed by atoms with van der Waals surface area (Å²) in [5.41, 5.74) is 7.64. The first-order valence-electron chi connectivity index (χ1n) is 2.82. The highest BCUT2D eigenvalue weighted by Crippen LogP contribution is 2.24. The lowest BCUT2D eigenvalue weighted by molar-refractivity contribution is 1.43. The average Bonchev–Trinajstić information content (AvgIpc) is 1.84. The van der Waals surface area contributed by atoms with Crippen LogP contribution >= 0.6 is 50.9 Å². The van der Waals surface area contributed by atoms with Crippen LogP contribution in [0.25, 0.3) is 0 Å². The molecule has 1 rings (SSSR count). The summed E-state index contributed by atoms with van der Waals surface area (Å²) in [5.74, 6) is 0. The summed E-state index contributed by atoms with van der Waals surface area (Å²) in [4.78, 5) is 0. The molecule has 0 aromatic heterocycles. The van der Waals surface area contributed by atoms with Gasteiger partial charge in [-0.1, -0.05) is 0 Å². The molecule has 0 atom stereocenters. The quantitative estimate of drug-likeness (QED) is 0.565. The van der Waals surface area contributed by atoms with Crippen LogP contribution in [0.3, 0.4) is 0 Å². The van der Waals surface area contributed by atoms with Crippen molar-refractivity contribution < 1.29 is 0 Å². The summed E-state index contributed by atoms with van der Waals surface area (Å²) in [6, 6.07) is 3.98. The molecule has 0 bridgehead atoms. The average molecular weight is 348 g/mol. The molecule has 1 aromatic carbocycles. The molecular weight excluding hydrogens is 340 g/mol. The molecule has 0 fully saturated rings. The second-order valence-electron chi connectivity index (χ2n) is 2.12. The molecule has 4 heteroatoms. The van der Waals surface area contributed by atoms with Crippen LogP contribution in [0.15, 0.2) is 16.6 Å². The fraction of sp³-hybridized carbons (Fsp3) is 0.143. The van der Waals surface area contributed by atoms with E-state index in [1.807, 2.05) is 19.1 Å². The van der Waals surface area contributed by atoms with Crippen LogP contribution < -0.4 is 5.73 Å². The third-order valence-corrected chi connectivity index (χ3v) is 3.60. The van der Waals surface area contributed by atoms with Crippen molar-refractivity contribution >= 4 is 56.6 Å². The number of nitrogens with two attached hydrogens (primary N) is 1. The maximum Gasteiger partial charge on any atom is 0.0355 e. The molecule has 0 saturated carbocycles. The van der Waals surface area contributed by atoms with Gasteiger partial charge in [-0.3, -0.25) is 0 Å². The highest BCUT2D eigenvalue weighted by molar-refractivity contribution is 14.1. The molecule has 11 heavy (non-hydrogen) atoms. The minimum Gasteiger partial charge on any atom is -0.398 e. The molecule has 0 amide bonds. The van der Waals surface area contributed by atoms with Gasteiger partial charge in [0.2, 0.25) is 0 Å². The molecule has 0 spiro atoms. The van der Waals surface area contributed by atoms with Gasteiger partial charge in [0.25, 0.3) is 0 Å². The fourth-order valence-electron chi connectivity index (χ4n) is 0.662. The minimum absolute atomic E-state index is 0. The van der Waals surface area contributed by atoms with E-state index < -0.39 is 0 Å². The molecule has 0 aliphatic rings. The van der Waals surface area contributed by atoms with Gasteiger partial charge in [0.1, 0.15) is 0 Å². The van der Waals surface area contributed by atoms with Gasteiger partial charge in [0.15, 0.2) is 0 Å². The van der Waals surface area contributed by atoms with Crippen LogP contribution in [0, 0.1) is 10.5 Å². The summed E-state index contributed by atoms with van der Waals surface area (Å²) in [6.07, 6.45) is 0. The largest absolute Gasteiger partial charge is 0.398 e. The number of aryl methyl sites for hydroxylation is 1. The number of nitrogen functional groups attached to an aromatic ring is 1. The third kappa shape index (κ3) is 2.80. The second-order valence-corrected chi connectivity index (χ2v) is 4.14. The van der Waals surface area contributed by atoms with Gasteiger partial charge in [-0.05, 0) is 63.1 Å². The van der Waals surface area contributed by atoms with Gasteiger partial charge in [0.05, 0.1) is 0 Å². The highest BCUT2D eigenvalue weighted by Gasteiger charge is 1.98. The highest BCUT2D eigenvalue weighted by atomic mass is 127. The zero-order valence-electron chi connectivity index (χ0n) is 5.90. The van der Waals surface area contributed by atoms with Gasteiger partial charge in [-0.25, -0.2) is 0 Å². The van der Waals surface area contributed by atoms with Crippen molar-refractivity contribution in [2.75, 3.05) is 5.73 Å². The topological polar surface area (TPSA) is 26.0 Å². The molecule has 1 nitrogen and oxygen atoms in total. The van der Waals surface area contributed by atoms with Crippen molar-refractivity contribution in [3.05, 3.63) is 25.7 Å². The lowest BCUT2D eigenvalue weighted by Gasteiger charge is -2.01. The van der Waals surface area contributed by atoms with Crippen LogP contribution in [0.2, 0.25) is 0 Å². The number of halogens is 3. The van der Waals surface area contributed by atoms with Gasteiger partial charge in [-0.2, -0.15) is 0 Å². The van der Waals surface area contributed by atoms with Gasteiger partial charge in [-0.15, -0.1) is 12.4 Å². The monoisotopic (exact) mass is 347 g/mol. The predicted molar refractivity (Wildman–Crippen MR) is 63.3 cm³/mol. The van der Waals surface area contributed by atoms with E-state index in [2.05, 4.69) is 38.5 Å². The van der Waals surface area contributed by atoms with Crippen molar-refractivity contribution in [1.82, 2.24) is 0 Å². The van der Waals surface area contributed by atoms with E-state index in [0.29, 0.717) is 0 Å². The lowest BCUT2D eigenvalue weighted by Crippen LogP contribution is -1.90. The molecule has 62 valence electrons. The summed E-state index contributed by atoms with van der Waals surface area (Å²) in [7, 11) is 0. The number of hydrogen-bond acceptors (Lipinski definition) is 1. The zero-order valence-corrected chi connectivity index (χ0v) is 10.5. The van der Waals surface area contributed by atoms with Crippen LogP contribution in [-0.4, -0.2) is 0 Å². The van der Waals surface area contributed by atoms with E-state index >= 15 is 0 Å². The van der Waals surface area contributed by atoms with E-state index in [4.69, 9.17) is 5.73 Å². The SMILES string of the molecule is Cc1cc(Br)c(I)cc1N.Cl. The number of hydrogen-bond donors (Lipinski definition) is 1. The summed E-state index contributed by atoms with van der Waals surface area (Å²) in [5, 5.41) is 0. The van der Waals surface area contributed by atoms with Crippen LogP contribution in [-0.2, 0) is 0 Å². The van der Waals surface area contributed by atoms with E-state index in [0.717, 1.165) is 19.3 Å². The Balaban J connectivity index is 0.000001000. The first kappa shape index (κ1) is 11.5. The Hall–Kier alpha value is 0.520. The zero-order chi connectivity index (χ0) is 7.72.